The molecule has 0 saturated heterocycles. The van der Waals surface area contributed by atoms with Crippen molar-refractivity contribution in [1.29, 1.82) is 0 Å². The summed E-state index contributed by atoms with van der Waals surface area (Å²) in [5.74, 6) is -0.119. The summed E-state index contributed by atoms with van der Waals surface area (Å²) in [5, 5.41) is 11.4. The first-order chi connectivity index (χ1) is 15.4. The smallest absolute Gasteiger partial charge is 0.341 e. The maximum absolute atomic E-state index is 12.5. The van der Waals surface area contributed by atoms with Crippen molar-refractivity contribution in [3.8, 4) is 22.8 Å². The third kappa shape index (κ3) is 4.09. The van der Waals surface area contributed by atoms with Gasteiger partial charge in [-0.2, -0.15) is 0 Å². The van der Waals surface area contributed by atoms with Gasteiger partial charge in [-0.25, -0.2) is 4.79 Å². The molecule has 0 saturated carbocycles. The van der Waals surface area contributed by atoms with E-state index in [1.807, 2.05) is 54.4 Å². The SMILES string of the molecule is C=C(C)CN1Cc2cc(OCc3ccccc3)c(OC)cc2-c2cc(=O)c(C(=O)O)cn21. The Kier molecular flexibility index (Phi) is 5.73. The minimum atomic E-state index is -1.26. The predicted molar refractivity (Wildman–Crippen MR) is 122 cm³/mol. The topological polar surface area (TPSA) is 81.0 Å². The van der Waals surface area contributed by atoms with Crippen molar-refractivity contribution in [2.24, 2.45) is 0 Å². The van der Waals surface area contributed by atoms with E-state index in [2.05, 4.69) is 6.58 Å². The minimum Gasteiger partial charge on any atom is -0.493 e. The Bertz CT molecular complexity index is 1250. The maximum Gasteiger partial charge on any atom is 0.341 e. The first kappa shape index (κ1) is 21.2. The molecule has 7 heteroatoms. The maximum atomic E-state index is 12.5. The standard InChI is InChI=1S/C25H24N2O5/c1-16(2)12-26-13-18-9-24(32-15-17-7-5-4-6-8-17)23(31-3)10-19(18)21-11-22(28)20(25(29)30)14-27(21)26/h4-11,14H,1,12-13,15H2,2-3H3,(H,29,30). The number of methoxy groups -OCH3 is 1. The summed E-state index contributed by atoms with van der Waals surface area (Å²) in [7, 11) is 1.56. The Morgan fingerprint density at radius 2 is 1.91 bits per heavy atom. The molecule has 0 unspecified atom stereocenters. The molecule has 2 aromatic carbocycles. The van der Waals surface area contributed by atoms with Gasteiger partial charge in [-0.1, -0.05) is 42.5 Å². The van der Waals surface area contributed by atoms with E-state index in [0.29, 0.717) is 36.9 Å². The summed E-state index contributed by atoms with van der Waals surface area (Å²) in [6.45, 7) is 7.27. The average Bonchev–Trinajstić information content (AvgIpc) is 2.77. The number of aromatic nitrogens is 1. The molecule has 0 amide bonds. The van der Waals surface area contributed by atoms with Crippen LogP contribution in [0.5, 0.6) is 11.5 Å². The van der Waals surface area contributed by atoms with Crippen molar-refractivity contribution in [2.45, 2.75) is 20.1 Å². The highest BCUT2D eigenvalue weighted by atomic mass is 16.5. The van der Waals surface area contributed by atoms with Gasteiger partial charge < -0.3 is 19.6 Å². The van der Waals surface area contributed by atoms with Crippen LogP contribution in [0.2, 0.25) is 0 Å². The van der Waals surface area contributed by atoms with Gasteiger partial charge in [0, 0.05) is 17.8 Å². The van der Waals surface area contributed by atoms with E-state index >= 15 is 0 Å². The van der Waals surface area contributed by atoms with Gasteiger partial charge in [0.05, 0.1) is 25.9 Å². The number of carboxylic acids is 1. The molecule has 1 aliphatic heterocycles. The normalized spacial score (nSPS) is 12.0. The molecule has 1 N–H and O–H groups in total. The molecule has 32 heavy (non-hydrogen) atoms. The molecule has 0 fully saturated rings. The Hall–Kier alpha value is -4.00. The Morgan fingerprint density at radius 1 is 1.16 bits per heavy atom. The van der Waals surface area contributed by atoms with E-state index in [0.717, 1.165) is 22.3 Å². The van der Waals surface area contributed by atoms with Crippen molar-refractivity contribution >= 4 is 5.97 Å². The summed E-state index contributed by atoms with van der Waals surface area (Å²) >= 11 is 0. The molecule has 7 nitrogen and oxygen atoms in total. The van der Waals surface area contributed by atoms with Crippen molar-refractivity contribution < 1.29 is 19.4 Å². The van der Waals surface area contributed by atoms with Crippen molar-refractivity contribution in [3.63, 3.8) is 0 Å². The lowest BCUT2D eigenvalue weighted by Crippen LogP contribution is -2.40. The molecule has 0 atom stereocenters. The second-order valence-corrected chi connectivity index (χ2v) is 7.80. The Labute approximate surface area is 185 Å². The van der Waals surface area contributed by atoms with E-state index in [9.17, 15) is 14.7 Å². The zero-order chi connectivity index (χ0) is 22.8. The summed E-state index contributed by atoms with van der Waals surface area (Å²) in [4.78, 5) is 24.0. The van der Waals surface area contributed by atoms with Crippen LogP contribution in [0.15, 0.2) is 71.7 Å². The van der Waals surface area contributed by atoms with Crippen LogP contribution in [0.4, 0.5) is 0 Å². The van der Waals surface area contributed by atoms with Gasteiger partial charge in [0.15, 0.2) is 16.9 Å². The molecule has 0 spiro atoms. The van der Waals surface area contributed by atoms with E-state index in [4.69, 9.17) is 9.47 Å². The predicted octanol–water partition coefficient (Wildman–Crippen LogP) is 3.83. The van der Waals surface area contributed by atoms with E-state index in [1.54, 1.807) is 11.8 Å². The minimum absolute atomic E-state index is 0.279. The van der Waals surface area contributed by atoms with Crippen LogP contribution >= 0.6 is 0 Å². The monoisotopic (exact) mass is 432 g/mol. The summed E-state index contributed by atoms with van der Waals surface area (Å²) in [6, 6.07) is 15.0. The molecule has 4 rings (SSSR count). The van der Waals surface area contributed by atoms with Crippen LogP contribution in [0.3, 0.4) is 0 Å². The molecule has 164 valence electrons. The van der Waals surface area contributed by atoms with Crippen LogP contribution in [0.1, 0.15) is 28.4 Å². The first-order valence-electron chi connectivity index (χ1n) is 10.1. The second kappa shape index (κ2) is 8.63. The summed E-state index contributed by atoms with van der Waals surface area (Å²) in [5.41, 5.74) is 3.45. The molecule has 1 aromatic heterocycles. The number of pyridine rings is 1. The number of carbonyl (C=O) groups is 1. The van der Waals surface area contributed by atoms with E-state index in [-0.39, 0.29) is 5.56 Å². The van der Waals surface area contributed by atoms with Gasteiger partial charge in [0.1, 0.15) is 12.2 Å². The second-order valence-electron chi connectivity index (χ2n) is 7.80. The van der Waals surface area contributed by atoms with Gasteiger partial charge >= 0.3 is 5.97 Å². The largest absolute Gasteiger partial charge is 0.493 e. The van der Waals surface area contributed by atoms with Crippen LogP contribution < -0.4 is 19.9 Å². The number of fused-ring (bicyclic) bond motifs is 3. The summed E-state index contributed by atoms with van der Waals surface area (Å²) in [6.07, 6.45) is 1.37. The molecule has 2 heterocycles. The third-order valence-electron chi connectivity index (χ3n) is 5.27. The Balaban J connectivity index is 1.80. The molecule has 1 aliphatic rings. The number of aromatic carboxylic acids is 1. The summed E-state index contributed by atoms with van der Waals surface area (Å²) < 4.78 is 13.3. The zero-order valence-corrected chi connectivity index (χ0v) is 18.0. The number of hydrogen-bond donors (Lipinski definition) is 1. The molecule has 0 radical (unpaired) electrons. The lowest BCUT2D eigenvalue weighted by Gasteiger charge is -2.35. The molecule has 0 aliphatic carbocycles. The lowest BCUT2D eigenvalue weighted by molar-refractivity contribution is 0.0694. The van der Waals surface area contributed by atoms with Crippen molar-refractivity contribution in [2.75, 3.05) is 18.7 Å². The molecular formula is C25H24N2O5. The highest BCUT2D eigenvalue weighted by Crippen LogP contribution is 2.39. The van der Waals surface area contributed by atoms with Crippen LogP contribution in [-0.2, 0) is 13.2 Å². The first-order valence-corrected chi connectivity index (χ1v) is 10.1. The van der Waals surface area contributed by atoms with Crippen molar-refractivity contribution in [3.05, 3.63) is 93.8 Å². The zero-order valence-electron chi connectivity index (χ0n) is 18.0. The molecule has 0 bridgehead atoms. The van der Waals surface area contributed by atoms with Gasteiger partial charge in [-0.3, -0.25) is 9.47 Å². The fourth-order valence-corrected chi connectivity index (χ4v) is 3.81. The number of hydrogen-bond acceptors (Lipinski definition) is 5. The quantitative estimate of drug-likeness (QED) is 0.572. The van der Waals surface area contributed by atoms with Crippen LogP contribution in [-0.4, -0.2) is 29.4 Å². The van der Waals surface area contributed by atoms with E-state index in [1.165, 1.54) is 12.3 Å². The highest BCUT2D eigenvalue weighted by molar-refractivity contribution is 5.88. The third-order valence-corrected chi connectivity index (χ3v) is 5.27. The fraction of sp³-hybridized carbons (Fsp3) is 0.200. The average molecular weight is 432 g/mol. The van der Waals surface area contributed by atoms with Gasteiger partial charge in [-0.05, 0) is 30.2 Å². The van der Waals surface area contributed by atoms with Gasteiger partial charge in [-0.15, -0.1) is 0 Å². The highest BCUT2D eigenvalue weighted by Gasteiger charge is 2.26. The lowest BCUT2D eigenvalue weighted by atomic mass is 9.99. The number of benzene rings is 2. The fourth-order valence-electron chi connectivity index (χ4n) is 3.81. The van der Waals surface area contributed by atoms with Crippen molar-refractivity contribution in [1.82, 2.24) is 4.68 Å². The number of ether oxygens (including phenoxy) is 2. The number of nitrogens with zero attached hydrogens (tertiary/aromatic N) is 2. The molecular weight excluding hydrogens is 408 g/mol. The Morgan fingerprint density at radius 3 is 2.56 bits per heavy atom. The van der Waals surface area contributed by atoms with Crippen LogP contribution in [0, 0.1) is 0 Å². The number of rotatable bonds is 7. The number of carboxylic acid groups (broad SMARTS) is 1. The van der Waals surface area contributed by atoms with Gasteiger partial charge in [0.2, 0.25) is 0 Å². The van der Waals surface area contributed by atoms with E-state index < -0.39 is 11.4 Å². The molecule has 3 aromatic rings. The van der Waals surface area contributed by atoms with Crippen LogP contribution in [0.25, 0.3) is 11.3 Å². The van der Waals surface area contributed by atoms with Gasteiger partial charge in [0.25, 0.3) is 0 Å².